The molecule has 0 aliphatic rings. The molecule has 0 fully saturated rings. The third-order valence-corrected chi connectivity index (χ3v) is 1.93. The highest BCUT2D eigenvalue weighted by Gasteiger charge is 1.97. The van der Waals surface area contributed by atoms with Crippen molar-refractivity contribution in [1.29, 1.82) is 0 Å². The quantitative estimate of drug-likeness (QED) is 0.606. The number of ether oxygens (including phenoxy) is 1. The fourth-order valence-corrected chi connectivity index (χ4v) is 1.29. The van der Waals surface area contributed by atoms with Crippen LogP contribution in [0.15, 0.2) is 6.20 Å². The summed E-state index contributed by atoms with van der Waals surface area (Å²) < 4.78 is 4.49. The highest BCUT2D eigenvalue weighted by molar-refractivity contribution is 7.19. The average molecular weight is 202 g/mol. The Hall–Kier alpha value is -1.50. The molecule has 0 saturated heterocycles. The molecule has 0 spiro atoms. The van der Waals surface area contributed by atoms with Crippen molar-refractivity contribution < 1.29 is 9.53 Å². The first-order valence-corrected chi connectivity index (χ1v) is 4.37. The van der Waals surface area contributed by atoms with Crippen LogP contribution in [0.5, 0.6) is 0 Å². The number of nitrogen functional groups attached to an aromatic ring is 1. The van der Waals surface area contributed by atoms with Gasteiger partial charge in [0.2, 0.25) is 0 Å². The smallest absolute Gasteiger partial charge is 0.404 e. The molecule has 13 heavy (non-hydrogen) atoms. The molecule has 1 rings (SSSR count). The monoisotopic (exact) mass is 202 g/mol. The van der Waals surface area contributed by atoms with E-state index in [9.17, 15) is 4.79 Å². The zero-order chi connectivity index (χ0) is 9.68. The van der Waals surface area contributed by atoms with Crippen molar-refractivity contribution in [3.05, 3.63) is 6.20 Å². The van der Waals surface area contributed by atoms with Crippen LogP contribution in [-0.2, 0) is 4.74 Å². The van der Waals surface area contributed by atoms with Gasteiger partial charge in [-0.2, -0.15) is 0 Å². The van der Waals surface area contributed by atoms with Crippen LogP contribution >= 0.6 is 11.3 Å². The van der Waals surface area contributed by atoms with Crippen LogP contribution in [0, 0.1) is 0 Å². The van der Waals surface area contributed by atoms with Crippen molar-refractivity contribution >= 4 is 27.6 Å². The Morgan fingerprint density at radius 1 is 1.77 bits per heavy atom. The van der Waals surface area contributed by atoms with E-state index in [2.05, 4.69) is 15.0 Å². The van der Waals surface area contributed by atoms with Gasteiger partial charge in [-0.25, -0.2) is 9.78 Å². The van der Waals surface area contributed by atoms with Gasteiger partial charge in [0.05, 0.1) is 12.7 Å². The first-order valence-electron chi connectivity index (χ1n) is 3.56. The summed E-state index contributed by atoms with van der Waals surface area (Å²) in [6, 6.07) is 0. The Labute approximate surface area is 78.9 Å². The maximum atomic E-state index is 10.2. The summed E-state index contributed by atoms with van der Waals surface area (Å²) >= 11 is 1.33. The second-order valence-electron chi connectivity index (χ2n) is 2.16. The number of hydrogen-bond acceptors (Lipinski definition) is 6. The minimum atomic E-state index is -0.777. The molecule has 0 bridgehead atoms. The number of carbonyl (C=O) groups excluding carboxylic acids is 1. The number of carbonyl (C=O) groups is 1. The molecule has 7 heteroatoms. The summed E-state index contributed by atoms with van der Waals surface area (Å²) in [6.45, 7) is 0.685. The van der Waals surface area contributed by atoms with Crippen LogP contribution in [0.4, 0.5) is 14.9 Å². The average Bonchev–Trinajstić information content (AvgIpc) is 2.45. The molecule has 1 amide bonds. The number of thiazole rings is 1. The lowest BCUT2D eigenvalue weighted by Crippen LogP contribution is -2.18. The van der Waals surface area contributed by atoms with Crippen molar-refractivity contribution in [2.24, 2.45) is 5.73 Å². The van der Waals surface area contributed by atoms with Crippen molar-refractivity contribution in [1.82, 2.24) is 4.98 Å². The van der Waals surface area contributed by atoms with E-state index in [1.807, 2.05) is 0 Å². The molecular weight excluding hydrogens is 192 g/mol. The van der Waals surface area contributed by atoms with E-state index in [0.29, 0.717) is 16.7 Å². The molecule has 0 atom stereocenters. The van der Waals surface area contributed by atoms with Crippen LogP contribution in [0.25, 0.3) is 0 Å². The van der Waals surface area contributed by atoms with Gasteiger partial charge in [-0.15, -0.1) is 0 Å². The molecular formula is C6H10N4O2S. The number of amides is 1. The number of nitrogens with one attached hydrogen (secondary N) is 1. The molecule has 0 unspecified atom stereocenters. The normalized spacial score (nSPS) is 9.54. The van der Waals surface area contributed by atoms with Gasteiger partial charge in [0.1, 0.15) is 11.6 Å². The van der Waals surface area contributed by atoms with Gasteiger partial charge in [0, 0.05) is 0 Å². The third kappa shape index (κ3) is 3.61. The van der Waals surface area contributed by atoms with E-state index in [1.165, 1.54) is 11.3 Å². The Morgan fingerprint density at radius 2 is 2.54 bits per heavy atom. The maximum absolute atomic E-state index is 10.2. The lowest BCUT2D eigenvalue weighted by atomic mass is 10.7. The Balaban J connectivity index is 2.16. The van der Waals surface area contributed by atoms with Crippen LogP contribution in [0.1, 0.15) is 0 Å². The molecule has 5 N–H and O–H groups in total. The van der Waals surface area contributed by atoms with Gasteiger partial charge in [0.15, 0.2) is 5.13 Å². The predicted octanol–water partition coefficient (Wildman–Crippen LogP) is 0.232. The number of anilines is 2. The van der Waals surface area contributed by atoms with Crippen molar-refractivity contribution in [3.8, 4) is 0 Å². The highest BCUT2D eigenvalue weighted by Crippen LogP contribution is 2.18. The summed E-state index contributed by atoms with van der Waals surface area (Å²) in [5.74, 6) is 0. The standard InChI is InChI=1S/C6H10N4O2S/c7-4-3-10-6(13-4)9-1-2-12-5(8)11/h3H,1-2,7H2,(H2,8,11)(H,9,10). The van der Waals surface area contributed by atoms with Crippen molar-refractivity contribution in [2.75, 3.05) is 24.2 Å². The number of nitrogens with two attached hydrogens (primary N) is 2. The van der Waals surface area contributed by atoms with Gasteiger partial charge in [-0.3, -0.25) is 0 Å². The Bertz CT molecular complexity index is 288. The van der Waals surface area contributed by atoms with E-state index in [-0.39, 0.29) is 6.61 Å². The minimum Gasteiger partial charge on any atom is -0.448 e. The number of hydrogen-bond donors (Lipinski definition) is 3. The number of aromatic nitrogens is 1. The first kappa shape index (κ1) is 9.59. The lowest BCUT2D eigenvalue weighted by molar-refractivity contribution is 0.161. The molecule has 6 nitrogen and oxygen atoms in total. The second-order valence-corrected chi connectivity index (χ2v) is 3.22. The van der Waals surface area contributed by atoms with Crippen LogP contribution in [0.2, 0.25) is 0 Å². The molecule has 0 saturated carbocycles. The number of rotatable bonds is 4. The third-order valence-electron chi connectivity index (χ3n) is 1.15. The summed E-state index contributed by atoms with van der Waals surface area (Å²) in [5, 5.41) is 4.25. The zero-order valence-electron chi connectivity index (χ0n) is 6.82. The fourth-order valence-electron chi connectivity index (χ4n) is 0.678. The second kappa shape index (κ2) is 4.51. The van der Waals surface area contributed by atoms with Gasteiger partial charge in [-0.05, 0) is 0 Å². The van der Waals surface area contributed by atoms with Crippen molar-refractivity contribution in [3.63, 3.8) is 0 Å². The first-order chi connectivity index (χ1) is 6.18. The Morgan fingerprint density at radius 3 is 3.08 bits per heavy atom. The zero-order valence-corrected chi connectivity index (χ0v) is 7.63. The summed E-state index contributed by atoms with van der Waals surface area (Å²) in [7, 11) is 0. The topological polar surface area (TPSA) is 103 Å². The van der Waals surface area contributed by atoms with E-state index < -0.39 is 6.09 Å². The number of primary amides is 1. The predicted molar refractivity (Wildman–Crippen MR) is 50.6 cm³/mol. The molecule has 0 radical (unpaired) electrons. The summed E-state index contributed by atoms with van der Waals surface area (Å²) in [4.78, 5) is 14.1. The SMILES string of the molecule is NC(=O)OCCNc1ncc(N)s1. The molecule has 1 heterocycles. The minimum absolute atomic E-state index is 0.217. The molecule has 0 aliphatic carbocycles. The Kier molecular flexibility index (Phi) is 3.32. The number of nitrogens with zero attached hydrogens (tertiary/aromatic N) is 1. The molecule has 0 aliphatic heterocycles. The van der Waals surface area contributed by atoms with E-state index in [4.69, 9.17) is 11.5 Å². The van der Waals surface area contributed by atoms with Gasteiger partial charge >= 0.3 is 6.09 Å². The molecule has 72 valence electrons. The highest BCUT2D eigenvalue weighted by atomic mass is 32.1. The van der Waals surface area contributed by atoms with Gasteiger partial charge in [-0.1, -0.05) is 11.3 Å². The van der Waals surface area contributed by atoms with E-state index >= 15 is 0 Å². The molecule has 1 aromatic heterocycles. The van der Waals surface area contributed by atoms with Crippen LogP contribution in [0.3, 0.4) is 0 Å². The van der Waals surface area contributed by atoms with E-state index in [1.54, 1.807) is 6.20 Å². The van der Waals surface area contributed by atoms with E-state index in [0.717, 1.165) is 0 Å². The van der Waals surface area contributed by atoms with Crippen LogP contribution < -0.4 is 16.8 Å². The van der Waals surface area contributed by atoms with Crippen LogP contribution in [-0.4, -0.2) is 24.2 Å². The maximum Gasteiger partial charge on any atom is 0.404 e. The van der Waals surface area contributed by atoms with Gasteiger partial charge in [0.25, 0.3) is 0 Å². The fraction of sp³-hybridized carbons (Fsp3) is 0.333. The van der Waals surface area contributed by atoms with Crippen molar-refractivity contribution in [2.45, 2.75) is 0 Å². The molecule has 0 aromatic carbocycles. The summed E-state index contributed by atoms with van der Waals surface area (Å²) in [6.07, 6.45) is 0.780. The lowest BCUT2D eigenvalue weighted by Gasteiger charge is -2.01. The molecule has 1 aromatic rings. The summed E-state index contributed by atoms with van der Waals surface area (Å²) in [5.41, 5.74) is 10.2. The van der Waals surface area contributed by atoms with Gasteiger partial charge < -0.3 is 21.5 Å². The largest absolute Gasteiger partial charge is 0.448 e.